The van der Waals surface area contributed by atoms with Gasteiger partial charge in [-0.1, -0.05) is 41.9 Å². The van der Waals surface area contributed by atoms with Crippen molar-refractivity contribution in [3.63, 3.8) is 0 Å². The molecule has 0 atom stereocenters. The van der Waals surface area contributed by atoms with Crippen LogP contribution in [0.5, 0.6) is 11.5 Å². The molecular formula is C13H10BrClO2. The highest BCUT2D eigenvalue weighted by atomic mass is 79.9. The number of rotatable bonds is 3. The Bertz CT molecular complexity index is 514. The van der Waals surface area contributed by atoms with Crippen LogP contribution in [0.15, 0.2) is 46.9 Å². The molecule has 17 heavy (non-hydrogen) atoms. The van der Waals surface area contributed by atoms with Crippen molar-refractivity contribution in [3.8, 4) is 11.5 Å². The molecule has 2 nitrogen and oxygen atoms in total. The Balaban J connectivity index is 2.13. The van der Waals surface area contributed by atoms with Gasteiger partial charge in [-0.05, 0) is 33.6 Å². The van der Waals surface area contributed by atoms with E-state index in [1.165, 1.54) is 0 Å². The van der Waals surface area contributed by atoms with Crippen molar-refractivity contribution in [2.75, 3.05) is 0 Å². The molecule has 2 aromatic rings. The summed E-state index contributed by atoms with van der Waals surface area (Å²) in [7, 11) is 0. The Morgan fingerprint density at radius 3 is 2.53 bits per heavy atom. The zero-order valence-corrected chi connectivity index (χ0v) is 11.2. The molecule has 0 saturated carbocycles. The van der Waals surface area contributed by atoms with Crippen molar-refractivity contribution < 1.29 is 9.84 Å². The molecule has 1 N–H and O–H groups in total. The molecule has 88 valence electrons. The van der Waals surface area contributed by atoms with Crippen LogP contribution in [0.3, 0.4) is 0 Å². The highest BCUT2D eigenvalue weighted by molar-refractivity contribution is 9.10. The van der Waals surface area contributed by atoms with E-state index in [9.17, 15) is 5.11 Å². The number of hydrogen-bond acceptors (Lipinski definition) is 2. The Kier molecular flexibility index (Phi) is 3.92. The third-order valence-electron chi connectivity index (χ3n) is 2.27. The monoisotopic (exact) mass is 312 g/mol. The van der Waals surface area contributed by atoms with E-state index in [1.54, 1.807) is 12.1 Å². The molecular weight excluding hydrogens is 303 g/mol. The molecule has 0 saturated heterocycles. The third-order valence-corrected chi connectivity index (χ3v) is 3.27. The van der Waals surface area contributed by atoms with Gasteiger partial charge in [0.05, 0.1) is 4.47 Å². The molecule has 0 amide bonds. The maximum absolute atomic E-state index is 9.63. The number of phenolic OH excluding ortho intramolecular Hbond substituents is 1. The van der Waals surface area contributed by atoms with Gasteiger partial charge in [-0.2, -0.15) is 0 Å². The Morgan fingerprint density at radius 1 is 1.12 bits per heavy atom. The predicted octanol–water partition coefficient (Wildman–Crippen LogP) is 4.39. The molecule has 0 unspecified atom stereocenters. The van der Waals surface area contributed by atoms with Crippen LogP contribution in [0.1, 0.15) is 5.56 Å². The Morgan fingerprint density at radius 2 is 1.82 bits per heavy atom. The molecule has 2 aromatic carbocycles. The summed E-state index contributed by atoms with van der Waals surface area (Å²) in [6.45, 7) is 0.418. The highest BCUT2D eigenvalue weighted by Crippen LogP contribution is 2.38. The van der Waals surface area contributed by atoms with Gasteiger partial charge < -0.3 is 9.84 Å². The first kappa shape index (κ1) is 12.3. The number of hydrogen-bond donors (Lipinski definition) is 1. The summed E-state index contributed by atoms with van der Waals surface area (Å²) in [4.78, 5) is 0. The second-order valence-electron chi connectivity index (χ2n) is 3.48. The van der Waals surface area contributed by atoms with Crippen molar-refractivity contribution in [1.29, 1.82) is 0 Å². The molecule has 4 heteroatoms. The lowest BCUT2D eigenvalue weighted by Crippen LogP contribution is -1.95. The Hall–Kier alpha value is -1.19. The van der Waals surface area contributed by atoms with E-state index in [4.69, 9.17) is 16.3 Å². The summed E-state index contributed by atoms with van der Waals surface area (Å²) >= 11 is 9.15. The molecule has 0 radical (unpaired) electrons. The summed E-state index contributed by atoms with van der Waals surface area (Å²) in [6, 6.07) is 13.2. The summed E-state index contributed by atoms with van der Waals surface area (Å²) in [5, 5.41) is 9.84. The number of ether oxygens (including phenoxy) is 1. The van der Waals surface area contributed by atoms with Crippen LogP contribution in [0.4, 0.5) is 0 Å². The summed E-state index contributed by atoms with van der Waals surface area (Å²) < 4.78 is 6.10. The van der Waals surface area contributed by atoms with Crippen LogP contribution >= 0.6 is 27.5 Å². The number of halogens is 2. The average molecular weight is 314 g/mol. The minimum atomic E-state index is -0.00257. The topological polar surface area (TPSA) is 29.5 Å². The van der Waals surface area contributed by atoms with E-state index in [0.717, 1.165) is 5.56 Å². The van der Waals surface area contributed by atoms with Crippen molar-refractivity contribution in [3.05, 3.63) is 57.5 Å². The molecule has 0 heterocycles. The van der Waals surface area contributed by atoms with Gasteiger partial charge in [0.2, 0.25) is 0 Å². The first-order valence-electron chi connectivity index (χ1n) is 5.02. The van der Waals surface area contributed by atoms with E-state index < -0.39 is 0 Å². The molecule has 2 rings (SSSR count). The van der Waals surface area contributed by atoms with Crippen molar-refractivity contribution in [1.82, 2.24) is 0 Å². The van der Waals surface area contributed by atoms with Crippen LogP contribution in [-0.4, -0.2) is 5.11 Å². The number of aromatic hydroxyl groups is 1. The second-order valence-corrected chi connectivity index (χ2v) is 4.71. The minimum Gasteiger partial charge on any atom is -0.505 e. The van der Waals surface area contributed by atoms with Gasteiger partial charge in [-0.25, -0.2) is 0 Å². The van der Waals surface area contributed by atoms with Crippen molar-refractivity contribution in [2.45, 2.75) is 6.61 Å². The first-order valence-corrected chi connectivity index (χ1v) is 6.19. The van der Waals surface area contributed by atoms with Gasteiger partial charge in [0.1, 0.15) is 17.4 Å². The lowest BCUT2D eigenvalue weighted by atomic mass is 10.2. The summed E-state index contributed by atoms with van der Waals surface area (Å²) in [5.74, 6) is 0.466. The van der Waals surface area contributed by atoms with E-state index in [0.29, 0.717) is 16.8 Å². The zero-order valence-electron chi connectivity index (χ0n) is 8.86. The molecule has 0 aromatic heterocycles. The molecule has 0 fully saturated rings. The van der Waals surface area contributed by atoms with Gasteiger partial charge in [-0.3, -0.25) is 0 Å². The van der Waals surface area contributed by atoms with Crippen LogP contribution in [-0.2, 0) is 6.61 Å². The van der Waals surface area contributed by atoms with Gasteiger partial charge in [-0.15, -0.1) is 0 Å². The molecule has 0 aliphatic carbocycles. The smallest absolute Gasteiger partial charge is 0.152 e. The molecule has 0 spiro atoms. The zero-order chi connectivity index (χ0) is 12.3. The lowest BCUT2D eigenvalue weighted by Gasteiger charge is -2.09. The van der Waals surface area contributed by atoms with Crippen LogP contribution in [0.25, 0.3) is 0 Å². The van der Waals surface area contributed by atoms with Crippen molar-refractivity contribution in [2.24, 2.45) is 0 Å². The number of benzene rings is 2. The maximum Gasteiger partial charge on any atom is 0.152 e. The quantitative estimate of drug-likeness (QED) is 0.911. The van der Waals surface area contributed by atoms with Gasteiger partial charge in [0, 0.05) is 0 Å². The van der Waals surface area contributed by atoms with E-state index >= 15 is 0 Å². The normalized spacial score (nSPS) is 10.2. The maximum atomic E-state index is 9.63. The minimum absolute atomic E-state index is 0.00257. The van der Waals surface area contributed by atoms with Crippen LogP contribution in [0, 0.1) is 0 Å². The van der Waals surface area contributed by atoms with Crippen molar-refractivity contribution >= 4 is 27.5 Å². The van der Waals surface area contributed by atoms with Gasteiger partial charge in [0.25, 0.3) is 0 Å². The van der Waals surface area contributed by atoms with Crippen LogP contribution < -0.4 is 4.74 Å². The fourth-order valence-electron chi connectivity index (χ4n) is 1.37. The average Bonchev–Trinajstić information content (AvgIpc) is 2.36. The molecule has 0 bridgehead atoms. The number of phenols is 1. The molecule has 0 aliphatic rings. The largest absolute Gasteiger partial charge is 0.505 e. The molecule has 0 aliphatic heterocycles. The van der Waals surface area contributed by atoms with Gasteiger partial charge in [0.15, 0.2) is 5.75 Å². The second kappa shape index (κ2) is 5.43. The Labute approximate surface area is 113 Å². The van der Waals surface area contributed by atoms with E-state index in [1.807, 2.05) is 30.3 Å². The predicted molar refractivity (Wildman–Crippen MR) is 71.6 cm³/mol. The third kappa shape index (κ3) is 2.93. The SMILES string of the molecule is Oc1c(Br)ccc(OCc2ccccc2)c1Cl. The summed E-state index contributed by atoms with van der Waals surface area (Å²) in [6.07, 6.45) is 0. The highest BCUT2D eigenvalue weighted by Gasteiger charge is 2.10. The standard InChI is InChI=1S/C13H10BrClO2/c14-10-6-7-11(12(15)13(10)16)17-8-9-4-2-1-3-5-9/h1-7,16H,8H2. The lowest BCUT2D eigenvalue weighted by molar-refractivity contribution is 0.304. The fourth-order valence-corrected chi connectivity index (χ4v) is 2.03. The van der Waals surface area contributed by atoms with E-state index in [-0.39, 0.29) is 10.8 Å². The summed E-state index contributed by atoms with van der Waals surface area (Å²) in [5.41, 5.74) is 1.05. The fraction of sp³-hybridized carbons (Fsp3) is 0.0769. The van der Waals surface area contributed by atoms with Crippen LogP contribution in [0.2, 0.25) is 5.02 Å². The van der Waals surface area contributed by atoms with Gasteiger partial charge >= 0.3 is 0 Å². The van der Waals surface area contributed by atoms with E-state index in [2.05, 4.69) is 15.9 Å². The first-order chi connectivity index (χ1) is 8.18.